The lowest BCUT2D eigenvalue weighted by Crippen LogP contribution is -2.17. The lowest BCUT2D eigenvalue weighted by Gasteiger charge is -2.11. The third-order valence-corrected chi connectivity index (χ3v) is 2.55. The molecule has 1 aromatic rings. The van der Waals surface area contributed by atoms with E-state index in [-0.39, 0.29) is 5.82 Å². The van der Waals surface area contributed by atoms with Crippen molar-refractivity contribution in [2.75, 3.05) is 6.61 Å². The quantitative estimate of drug-likeness (QED) is 0.832. The molecule has 0 amide bonds. The first-order chi connectivity index (χ1) is 8.15. The molecule has 0 bridgehead atoms. The number of hydrogen-bond donors (Lipinski definition) is 1. The fourth-order valence-electron chi connectivity index (χ4n) is 1.52. The molecule has 0 aliphatic heterocycles. The third-order valence-electron chi connectivity index (χ3n) is 2.55. The van der Waals surface area contributed by atoms with Crippen molar-refractivity contribution in [2.24, 2.45) is 0 Å². The van der Waals surface area contributed by atoms with Gasteiger partial charge in [-0.15, -0.1) is 0 Å². The number of halogens is 3. The minimum absolute atomic E-state index is 0.319. The van der Waals surface area contributed by atoms with Crippen molar-refractivity contribution in [2.45, 2.75) is 31.9 Å². The van der Waals surface area contributed by atoms with Gasteiger partial charge in [0.25, 0.3) is 6.43 Å². The average molecular weight is 245 g/mol. The third kappa shape index (κ3) is 3.93. The van der Waals surface area contributed by atoms with E-state index in [9.17, 15) is 13.2 Å². The normalized spacial score (nSPS) is 15.3. The van der Waals surface area contributed by atoms with Crippen LogP contribution in [0.5, 0.6) is 5.75 Å². The summed E-state index contributed by atoms with van der Waals surface area (Å²) in [5.41, 5.74) is 0.581. The van der Waals surface area contributed by atoms with Crippen LogP contribution in [0, 0.1) is 5.82 Å². The molecule has 1 N–H and O–H groups in total. The van der Waals surface area contributed by atoms with Crippen molar-refractivity contribution in [1.82, 2.24) is 5.32 Å². The second-order valence-electron chi connectivity index (χ2n) is 4.11. The van der Waals surface area contributed by atoms with E-state index in [1.54, 1.807) is 0 Å². The molecule has 1 saturated carbocycles. The number of ether oxygens (including phenoxy) is 1. The fourth-order valence-corrected chi connectivity index (χ4v) is 1.52. The zero-order valence-corrected chi connectivity index (χ0v) is 9.26. The zero-order chi connectivity index (χ0) is 12.3. The van der Waals surface area contributed by atoms with E-state index in [1.807, 2.05) is 0 Å². The number of rotatable bonds is 6. The largest absolute Gasteiger partial charge is 0.487 e. The minimum Gasteiger partial charge on any atom is -0.487 e. The van der Waals surface area contributed by atoms with Crippen LogP contribution in [0.1, 0.15) is 18.4 Å². The van der Waals surface area contributed by atoms with Gasteiger partial charge in [-0.3, -0.25) is 0 Å². The summed E-state index contributed by atoms with van der Waals surface area (Å²) >= 11 is 0. The first-order valence-electron chi connectivity index (χ1n) is 5.58. The summed E-state index contributed by atoms with van der Waals surface area (Å²) in [5.74, 6) is -0.0677. The Kier molecular flexibility index (Phi) is 3.89. The molecule has 0 radical (unpaired) electrons. The molecule has 1 aliphatic carbocycles. The van der Waals surface area contributed by atoms with Crippen LogP contribution in [0.2, 0.25) is 0 Å². The maximum Gasteiger partial charge on any atom is 0.272 e. The van der Waals surface area contributed by atoms with Crippen LogP contribution in [0.15, 0.2) is 18.2 Å². The number of nitrogens with one attached hydrogen (secondary N) is 1. The van der Waals surface area contributed by atoms with Crippen LogP contribution in [-0.4, -0.2) is 19.1 Å². The first kappa shape index (κ1) is 12.2. The summed E-state index contributed by atoms with van der Waals surface area (Å²) in [6.45, 7) is -0.219. The molecule has 0 spiro atoms. The summed E-state index contributed by atoms with van der Waals surface area (Å²) in [6, 6.07) is 4.39. The van der Waals surface area contributed by atoms with Gasteiger partial charge in [0.05, 0.1) is 0 Å². The molecule has 1 aromatic carbocycles. The standard InChI is InChI=1S/C12H14F3NO/c13-9-1-4-11(17-7-12(14)15)8(5-9)6-16-10-2-3-10/h1,4-5,10,12,16H,2-3,6-7H2. The van der Waals surface area contributed by atoms with Gasteiger partial charge in [-0.25, -0.2) is 13.2 Å². The Balaban J connectivity index is 2.00. The highest BCUT2D eigenvalue weighted by molar-refractivity contribution is 5.34. The first-order valence-corrected chi connectivity index (χ1v) is 5.58. The van der Waals surface area contributed by atoms with Crippen LogP contribution in [0.3, 0.4) is 0 Å². The van der Waals surface area contributed by atoms with E-state index < -0.39 is 13.0 Å². The van der Waals surface area contributed by atoms with E-state index >= 15 is 0 Å². The average Bonchev–Trinajstić information content (AvgIpc) is 3.08. The van der Waals surface area contributed by atoms with Gasteiger partial charge in [-0.05, 0) is 31.0 Å². The van der Waals surface area contributed by atoms with Gasteiger partial charge in [-0.2, -0.15) is 0 Å². The Hall–Kier alpha value is -1.23. The Bertz CT molecular complexity index is 380. The van der Waals surface area contributed by atoms with Crippen molar-refractivity contribution < 1.29 is 17.9 Å². The highest BCUT2D eigenvalue weighted by Crippen LogP contribution is 2.23. The molecular formula is C12H14F3NO. The maximum absolute atomic E-state index is 13.1. The summed E-state index contributed by atoms with van der Waals surface area (Å²) in [5, 5.41) is 3.19. The van der Waals surface area contributed by atoms with Gasteiger partial charge in [0.2, 0.25) is 0 Å². The second-order valence-corrected chi connectivity index (χ2v) is 4.11. The van der Waals surface area contributed by atoms with Crippen LogP contribution < -0.4 is 10.1 Å². The predicted octanol–water partition coefficient (Wildman–Crippen LogP) is 2.72. The summed E-state index contributed by atoms with van der Waals surface area (Å²) < 4.78 is 42.1. The minimum atomic E-state index is -2.52. The van der Waals surface area contributed by atoms with E-state index in [2.05, 4.69) is 5.32 Å². The lowest BCUT2D eigenvalue weighted by atomic mass is 10.2. The van der Waals surface area contributed by atoms with Gasteiger partial charge >= 0.3 is 0 Å². The van der Waals surface area contributed by atoms with Gasteiger partial charge < -0.3 is 10.1 Å². The fraction of sp³-hybridized carbons (Fsp3) is 0.500. The Morgan fingerprint density at radius 1 is 1.35 bits per heavy atom. The predicted molar refractivity (Wildman–Crippen MR) is 57.8 cm³/mol. The van der Waals surface area contributed by atoms with Crippen molar-refractivity contribution in [3.63, 3.8) is 0 Å². The van der Waals surface area contributed by atoms with Crippen LogP contribution >= 0.6 is 0 Å². The Labute approximate surface area is 97.8 Å². The maximum atomic E-state index is 13.1. The summed E-state index contributed by atoms with van der Waals surface area (Å²) in [6.07, 6.45) is -0.297. The van der Waals surface area contributed by atoms with Gasteiger partial charge in [-0.1, -0.05) is 0 Å². The van der Waals surface area contributed by atoms with Gasteiger partial charge in [0.15, 0.2) is 0 Å². The molecule has 0 atom stereocenters. The van der Waals surface area contributed by atoms with E-state index in [4.69, 9.17) is 4.74 Å². The molecule has 94 valence electrons. The Morgan fingerprint density at radius 3 is 2.76 bits per heavy atom. The molecule has 1 aliphatic rings. The monoisotopic (exact) mass is 245 g/mol. The van der Waals surface area contributed by atoms with E-state index in [0.29, 0.717) is 23.9 Å². The molecule has 2 nitrogen and oxygen atoms in total. The topological polar surface area (TPSA) is 21.3 Å². The van der Waals surface area contributed by atoms with Crippen LogP contribution in [-0.2, 0) is 6.54 Å². The van der Waals surface area contributed by atoms with Crippen molar-refractivity contribution in [3.8, 4) is 5.75 Å². The molecule has 0 unspecified atom stereocenters. The smallest absolute Gasteiger partial charge is 0.272 e. The van der Waals surface area contributed by atoms with Crippen LogP contribution in [0.25, 0.3) is 0 Å². The van der Waals surface area contributed by atoms with Gasteiger partial charge in [0.1, 0.15) is 18.2 Å². The molecule has 2 rings (SSSR count). The number of benzene rings is 1. The molecule has 17 heavy (non-hydrogen) atoms. The van der Waals surface area contributed by atoms with Gasteiger partial charge in [0, 0.05) is 18.2 Å². The zero-order valence-electron chi connectivity index (χ0n) is 9.26. The second kappa shape index (κ2) is 5.40. The highest BCUT2D eigenvalue weighted by atomic mass is 19.3. The number of hydrogen-bond acceptors (Lipinski definition) is 2. The molecule has 1 fully saturated rings. The van der Waals surface area contributed by atoms with E-state index in [1.165, 1.54) is 18.2 Å². The lowest BCUT2D eigenvalue weighted by molar-refractivity contribution is 0.0813. The SMILES string of the molecule is Fc1ccc(OCC(F)F)c(CNC2CC2)c1. The summed E-state index contributed by atoms with van der Waals surface area (Å²) in [7, 11) is 0. The number of alkyl halides is 2. The van der Waals surface area contributed by atoms with Crippen LogP contribution in [0.4, 0.5) is 13.2 Å². The van der Waals surface area contributed by atoms with Crippen molar-refractivity contribution in [3.05, 3.63) is 29.6 Å². The van der Waals surface area contributed by atoms with Crippen molar-refractivity contribution in [1.29, 1.82) is 0 Å². The van der Waals surface area contributed by atoms with Crippen molar-refractivity contribution >= 4 is 0 Å². The molecule has 5 heteroatoms. The molecule has 0 saturated heterocycles. The molecule has 0 aromatic heterocycles. The summed E-state index contributed by atoms with van der Waals surface area (Å²) in [4.78, 5) is 0. The highest BCUT2D eigenvalue weighted by Gasteiger charge is 2.20. The molecular weight excluding hydrogens is 231 g/mol. The Morgan fingerprint density at radius 2 is 2.12 bits per heavy atom. The van der Waals surface area contributed by atoms with E-state index in [0.717, 1.165) is 12.8 Å². The molecule has 0 heterocycles.